The van der Waals surface area contributed by atoms with E-state index in [1.54, 1.807) is 17.7 Å². The minimum atomic E-state index is -0.383. The Morgan fingerprint density at radius 2 is 2.12 bits per heavy atom. The van der Waals surface area contributed by atoms with Crippen molar-refractivity contribution in [1.29, 1.82) is 0 Å². The smallest absolute Gasteiger partial charge is 0.148 e. The van der Waals surface area contributed by atoms with Gasteiger partial charge in [0.05, 0.1) is 5.69 Å². The fourth-order valence-electron chi connectivity index (χ4n) is 1.64. The fourth-order valence-corrected chi connectivity index (χ4v) is 1.80. The Kier molecular flexibility index (Phi) is 2.89. The third-order valence-electron chi connectivity index (χ3n) is 2.33. The average Bonchev–Trinajstić information content (AvgIpc) is 2.57. The molecule has 0 amide bonds. The second-order valence-electron chi connectivity index (χ2n) is 3.64. The van der Waals surface area contributed by atoms with Gasteiger partial charge in [-0.3, -0.25) is 0 Å². The van der Waals surface area contributed by atoms with Crippen LogP contribution < -0.4 is 5.73 Å². The number of hydrogen-bond donors (Lipinski definition) is 1. The predicted octanol–water partition coefficient (Wildman–Crippen LogP) is 1.66. The van der Waals surface area contributed by atoms with E-state index in [0.29, 0.717) is 22.9 Å². The molecule has 2 aromatic rings. The van der Waals surface area contributed by atoms with Crippen LogP contribution in [0.25, 0.3) is 5.69 Å². The van der Waals surface area contributed by atoms with Gasteiger partial charge in [0.2, 0.25) is 0 Å². The topological polar surface area (TPSA) is 56.7 Å². The number of hydrogen-bond acceptors (Lipinski definition) is 3. The lowest BCUT2D eigenvalue weighted by atomic mass is 10.1. The van der Waals surface area contributed by atoms with E-state index in [-0.39, 0.29) is 10.8 Å². The highest BCUT2D eigenvalue weighted by Gasteiger charge is 2.12. The third kappa shape index (κ3) is 2.16. The molecule has 1 aromatic heterocycles. The van der Waals surface area contributed by atoms with Crippen molar-refractivity contribution < 1.29 is 4.39 Å². The van der Waals surface area contributed by atoms with Crippen molar-refractivity contribution in [2.24, 2.45) is 5.73 Å². The molecule has 2 rings (SSSR count). The zero-order valence-electron chi connectivity index (χ0n) is 9.44. The van der Waals surface area contributed by atoms with Gasteiger partial charge >= 0.3 is 0 Å². The van der Waals surface area contributed by atoms with E-state index in [1.807, 2.05) is 6.92 Å². The molecule has 0 bridgehead atoms. The lowest BCUT2D eigenvalue weighted by Crippen LogP contribution is -2.15. The van der Waals surface area contributed by atoms with Crippen LogP contribution in [0.1, 0.15) is 17.2 Å². The lowest BCUT2D eigenvalue weighted by Gasteiger charge is -2.09. The number of halogens is 1. The molecule has 1 aromatic carbocycles. The summed E-state index contributed by atoms with van der Waals surface area (Å²) in [6.45, 7) is 3.60. The molecule has 0 spiro atoms. The summed E-state index contributed by atoms with van der Waals surface area (Å²) in [6, 6.07) is 4.23. The van der Waals surface area contributed by atoms with Gasteiger partial charge in [0.15, 0.2) is 0 Å². The lowest BCUT2D eigenvalue weighted by molar-refractivity contribution is 0.626. The molecule has 1 heterocycles. The molecule has 0 fully saturated rings. The molecule has 88 valence electrons. The minimum Gasteiger partial charge on any atom is -0.389 e. The Morgan fingerprint density at radius 1 is 1.41 bits per heavy atom. The first-order valence-corrected chi connectivity index (χ1v) is 5.40. The number of rotatable bonds is 2. The van der Waals surface area contributed by atoms with Gasteiger partial charge in [-0.25, -0.2) is 14.1 Å². The summed E-state index contributed by atoms with van der Waals surface area (Å²) in [7, 11) is 0. The van der Waals surface area contributed by atoms with Crippen LogP contribution in [0.15, 0.2) is 18.2 Å². The van der Waals surface area contributed by atoms with Crippen LogP contribution in [0.5, 0.6) is 0 Å². The maximum absolute atomic E-state index is 13.2. The number of aromatic nitrogens is 3. The van der Waals surface area contributed by atoms with Gasteiger partial charge in [0.1, 0.15) is 22.5 Å². The molecule has 0 aliphatic heterocycles. The average molecular weight is 250 g/mol. The summed E-state index contributed by atoms with van der Waals surface area (Å²) >= 11 is 4.91. The molecule has 6 heteroatoms. The summed E-state index contributed by atoms with van der Waals surface area (Å²) in [5, 5.41) is 4.22. The van der Waals surface area contributed by atoms with Crippen LogP contribution in [-0.2, 0) is 0 Å². The van der Waals surface area contributed by atoms with Gasteiger partial charge < -0.3 is 5.73 Å². The van der Waals surface area contributed by atoms with Crippen molar-refractivity contribution in [1.82, 2.24) is 14.8 Å². The second kappa shape index (κ2) is 4.21. The van der Waals surface area contributed by atoms with Crippen molar-refractivity contribution in [3.05, 3.63) is 41.2 Å². The third-order valence-corrected chi connectivity index (χ3v) is 2.55. The van der Waals surface area contributed by atoms with Gasteiger partial charge in [-0.05, 0) is 32.0 Å². The van der Waals surface area contributed by atoms with Crippen LogP contribution in [0, 0.1) is 19.7 Å². The Hall–Kier alpha value is -1.82. The molecule has 0 saturated heterocycles. The van der Waals surface area contributed by atoms with E-state index in [1.165, 1.54) is 12.1 Å². The summed E-state index contributed by atoms with van der Waals surface area (Å²) in [5.41, 5.74) is 6.67. The van der Waals surface area contributed by atoms with Crippen LogP contribution in [-0.4, -0.2) is 19.8 Å². The molecular formula is C11H11FN4S. The van der Waals surface area contributed by atoms with Crippen molar-refractivity contribution in [3.63, 3.8) is 0 Å². The van der Waals surface area contributed by atoms with Gasteiger partial charge in [-0.2, -0.15) is 5.10 Å². The van der Waals surface area contributed by atoms with E-state index >= 15 is 0 Å². The molecule has 0 radical (unpaired) electrons. The van der Waals surface area contributed by atoms with E-state index in [0.717, 1.165) is 0 Å². The SMILES string of the molecule is Cc1nc(C)n(-c2ccc(F)cc2C(N)=S)n1. The maximum atomic E-state index is 13.2. The minimum absolute atomic E-state index is 0.132. The largest absolute Gasteiger partial charge is 0.389 e. The first kappa shape index (κ1) is 11.7. The normalized spacial score (nSPS) is 10.5. The van der Waals surface area contributed by atoms with Crippen LogP contribution in [0.3, 0.4) is 0 Å². The van der Waals surface area contributed by atoms with Gasteiger partial charge in [-0.15, -0.1) is 0 Å². The van der Waals surface area contributed by atoms with E-state index in [9.17, 15) is 4.39 Å². The monoisotopic (exact) mass is 250 g/mol. The summed E-state index contributed by atoms with van der Waals surface area (Å²) in [4.78, 5) is 4.32. The van der Waals surface area contributed by atoms with E-state index < -0.39 is 0 Å². The zero-order chi connectivity index (χ0) is 12.6. The highest BCUT2D eigenvalue weighted by Crippen LogP contribution is 2.17. The molecule has 0 aliphatic rings. The van der Waals surface area contributed by atoms with Crippen molar-refractivity contribution in [3.8, 4) is 5.69 Å². The number of nitrogens with two attached hydrogens (primary N) is 1. The Balaban J connectivity index is 2.67. The molecule has 0 saturated carbocycles. The number of thiocarbonyl (C=S) groups is 1. The summed E-state index contributed by atoms with van der Waals surface area (Å²) < 4.78 is 14.8. The standard InChI is InChI=1S/C11H11FN4S/c1-6-14-7(2)16(15-6)10-4-3-8(12)5-9(10)11(13)17/h3-5H,1-2H3,(H2,13,17). The highest BCUT2D eigenvalue weighted by atomic mass is 32.1. The maximum Gasteiger partial charge on any atom is 0.148 e. The highest BCUT2D eigenvalue weighted by molar-refractivity contribution is 7.80. The van der Waals surface area contributed by atoms with Gasteiger partial charge in [-0.1, -0.05) is 12.2 Å². The Bertz CT molecular complexity index is 591. The second-order valence-corrected chi connectivity index (χ2v) is 4.08. The predicted molar refractivity (Wildman–Crippen MR) is 66.7 cm³/mol. The van der Waals surface area contributed by atoms with E-state index in [4.69, 9.17) is 18.0 Å². The van der Waals surface area contributed by atoms with Crippen LogP contribution in [0.4, 0.5) is 4.39 Å². The number of nitrogens with zero attached hydrogens (tertiary/aromatic N) is 3. The van der Waals surface area contributed by atoms with Crippen molar-refractivity contribution >= 4 is 17.2 Å². The molecule has 2 N–H and O–H groups in total. The Labute approximate surface area is 103 Å². The zero-order valence-corrected chi connectivity index (χ0v) is 10.3. The van der Waals surface area contributed by atoms with Gasteiger partial charge in [0, 0.05) is 5.56 Å². The van der Waals surface area contributed by atoms with Gasteiger partial charge in [0.25, 0.3) is 0 Å². The van der Waals surface area contributed by atoms with Crippen molar-refractivity contribution in [2.75, 3.05) is 0 Å². The summed E-state index contributed by atoms with van der Waals surface area (Å²) in [6.07, 6.45) is 0. The Morgan fingerprint density at radius 3 is 2.65 bits per heavy atom. The number of aryl methyl sites for hydroxylation is 2. The fraction of sp³-hybridized carbons (Fsp3) is 0.182. The molecule has 4 nitrogen and oxygen atoms in total. The molecule has 17 heavy (non-hydrogen) atoms. The molecular weight excluding hydrogens is 239 g/mol. The first-order chi connectivity index (χ1) is 7.99. The van der Waals surface area contributed by atoms with Crippen molar-refractivity contribution in [2.45, 2.75) is 13.8 Å². The van der Waals surface area contributed by atoms with E-state index in [2.05, 4.69) is 10.1 Å². The number of benzene rings is 1. The van der Waals surface area contributed by atoms with Crippen LogP contribution in [0.2, 0.25) is 0 Å². The quantitative estimate of drug-likeness (QED) is 0.823. The van der Waals surface area contributed by atoms with Crippen LogP contribution >= 0.6 is 12.2 Å². The molecule has 0 aliphatic carbocycles. The molecule has 0 unspecified atom stereocenters. The summed E-state index contributed by atoms with van der Waals surface area (Å²) in [5.74, 6) is 0.957. The first-order valence-electron chi connectivity index (χ1n) is 4.99. The molecule has 0 atom stereocenters.